The number of anilines is 1. The van der Waals surface area contributed by atoms with Crippen molar-refractivity contribution in [1.82, 2.24) is 0 Å². The molecule has 5 nitrogen and oxygen atoms in total. The van der Waals surface area contributed by atoms with E-state index < -0.39 is 4.92 Å². The third kappa shape index (κ3) is 3.53. The molecule has 0 bridgehead atoms. The summed E-state index contributed by atoms with van der Waals surface area (Å²) in [4.78, 5) is 10.0. The molecule has 0 radical (unpaired) electrons. The molecule has 2 aromatic rings. The first-order chi connectivity index (χ1) is 9.16. The molecule has 0 saturated carbocycles. The van der Waals surface area contributed by atoms with Crippen LogP contribution in [0, 0.1) is 10.1 Å². The van der Waals surface area contributed by atoms with Gasteiger partial charge in [-0.15, -0.1) is 0 Å². The first-order valence-electron chi connectivity index (χ1n) is 5.45. The highest BCUT2D eigenvalue weighted by molar-refractivity contribution is 6.33. The largest absolute Gasteiger partial charge is 0.278 e. The van der Waals surface area contributed by atoms with Gasteiger partial charge in [-0.25, -0.2) is 0 Å². The van der Waals surface area contributed by atoms with Crippen molar-refractivity contribution < 1.29 is 4.92 Å². The number of nitrogens with one attached hydrogen (secondary N) is 1. The lowest BCUT2D eigenvalue weighted by molar-refractivity contribution is -0.384. The summed E-state index contributed by atoms with van der Waals surface area (Å²) in [5.74, 6) is 0. The van der Waals surface area contributed by atoms with Gasteiger partial charge in [-0.1, -0.05) is 29.8 Å². The summed E-state index contributed by atoms with van der Waals surface area (Å²) in [6.07, 6.45) is 1.59. The molecule has 0 aliphatic carbocycles. The Bertz CT molecular complexity index is 612. The lowest BCUT2D eigenvalue weighted by atomic mass is 10.2. The number of nitro groups is 1. The Hall–Kier alpha value is -2.40. The SMILES string of the molecule is O=[N+]([O-])c1ccc(N/N=C/c2ccccc2Cl)cc1. The number of nitro benzene ring substituents is 1. The number of hydrogen-bond acceptors (Lipinski definition) is 4. The zero-order valence-electron chi connectivity index (χ0n) is 9.79. The fourth-order valence-corrected chi connectivity index (χ4v) is 1.60. The summed E-state index contributed by atoms with van der Waals surface area (Å²) in [6, 6.07) is 13.3. The fraction of sp³-hybridized carbons (Fsp3) is 0. The lowest BCUT2D eigenvalue weighted by Gasteiger charge is -2.00. The average molecular weight is 276 g/mol. The molecule has 0 heterocycles. The van der Waals surface area contributed by atoms with E-state index in [-0.39, 0.29) is 5.69 Å². The van der Waals surface area contributed by atoms with Crippen molar-refractivity contribution in [2.45, 2.75) is 0 Å². The van der Waals surface area contributed by atoms with Crippen molar-refractivity contribution in [2.24, 2.45) is 5.10 Å². The van der Waals surface area contributed by atoms with Gasteiger partial charge in [-0.3, -0.25) is 15.5 Å². The average Bonchev–Trinajstić information content (AvgIpc) is 2.41. The van der Waals surface area contributed by atoms with Gasteiger partial charge in [0.1, 0.15) is 0 Å². The van der Waals surface area contributed by atoms with E-state index in [1.165, 1.54) is 12.1 Å². The second-order valence-electron chi connectivity index (χ2n) is 3.70. The van der Waals surface area contributed by atoms with Crippen molar-refractivity contribution in [2.75, 3.05) is 5.43 Å². The van der Waals surface area contributed by atoms with Crippen LogP contribution < -0.4 is 5.43 Å². The van der Waals surface area contributed by atoms with Gasteiger partial charge in [-0.05, 0) is 18.2 Å². The molecule has 0 unspecified atom stereocenters. The maximum atomic E-state index is 10.5. The Morgan fingerprint density at radius 1 is 1.16 bits per heavy atom. The normalized spacial score (nSPS) is 10.6. The van der Waals surface area contributed by atoms with Crippen LogP contribution in [0.4, 0.5) is 11.4 Å². The number of non-ortho nitro benzene ring substituents is 1. The zero-order valence-corrected chi connectivity index (χ0v) is 10.5. The van der Waals surface area contributed by atoms with Gasteiger partial charge in [0.2, 0.25) is 0 Å². The minimum Gasteiger partial charge on any atom is -0.278 e. The lowest BCUT2D eigenvalue weighted by Crippen LogP contribution is -1.92. The van der Waals surface area contributed by atoms with Crippen LogP contribution in [0.25, 0.3) is 0 Å². The molecule has 0 spiro atoms. The van der Waals surface area contributed by atoms with Crippen molar-refractivity contribution >= 4 is 29.2 Å². The van der Waals surface area contributed by atoms with E-state index in [4.69, 9.17) is 11.6 Å². The Balaban J connectivity index is 2.03. The van der Waals surface area contributed by atoms with Crippen LogP contribution in [-0.4, -0.2) is 11.1 Å². The van der Waals surface area contributed by atoms with E-state index in [1.807, 2.05) is 18.2 Å². The highest BCUT2D eigenvalue weighted by Gasteiger charge is 2.02. The maximum absolute atomic E-state index is 10.5. The van der Waals surface area contributed by atoms with Crippen molar-refractivity contribution in [3.05, 3.63) is 69.2 Å². The monoisotopic (exact) mass is 275 g/mol. The minimum absolute atomic E-state index is 0.0423. The first kappa shape index (κ1) is 13.0. The van der Waals surface area contributed by atoms with Crippen LogP contribution in [0.15, 0.2) is 53.6 Å². The molecule has 0 aromatic heterocycles. The van der Waals surface area contributed by atoms with Crippen molar-refractivity contribution in [1.29, 1.82) is 0 Å². The van der Waals surface area contributed by atoms with Gasteiger partial charge in [-0.2, -0.15) is 5.10 Å². The molecule has 2 aromatic carbocycles. The summed E-state index contributed by atoms with van der Waals surface area (Å²) in [7, 11) is 0. The van der Waals surface area contributed by atoms with Crippen LogP contribution in [0.2, 0.25) is 5.02 Å². The predicted molar refractivity (Wildman–Crippen MR) is 75.8 cm³/mol. The van der Waals surface area contributed by atoms with Gasteiger partial charge in [0, 0.05) is 22.7 Å². The quantitative estimate of drug-likeness (QED) is 0.525. The fourth-order valence-electron chi connectivity index (χ4n) is 1.41. The van der Waals surface area contributed by atoms with Gasteiger partial charge in [0.25, 0.3) is 5.69 Å². The van der Waals surface area contributed by atoms with E-state index in [0.717, 1.165) is 5.56 Å². The highest BCUT2D eigenvalue weighted by Crippen LogP contribution is 2.16. The number of hydrazone groups is 1. The Kier molecular flexibility index (Phi) is 4.10. The molecule has 19 heavy (non-hydrogen) atoms. The van der Waals surface area contributed by atoms with Crippen LogP contribution >= 0.6 is 11.6 Å². The number of nitrogens with zero attached hydrogens (tertiary/aromatic N) is 2. The predicted octanol–water partition coefficient (Wildman–Crippen LogP) is 3.69. The summed E-state index contributed by atoms with van der Waals surface area (Å²) in [5, 5.41) is 15.1. The van der Waals surface area contributed by atoms with Gasteiger partial charge < -0.3 is 0 Å². The Labute approximate surface area is 114 Å². The highest BCUT2D eigenvalue weighted by atomic mass is 35.5. The molecule has 0 atom stereocenters. The molecular weight excluding hydrogens is 266 g/mol. The van der Waals surface area contributed by atoms with Gasteiger partial charge >= 0.3 is 0 Å². The van der Waals surface area contributed by atoms with Crippen LogP contribution in [0.3, 0.4) is 0 Å². The maximum Gasteiger partial charge on any atom is 0.269 e. The Morgan fingerprint density at radius 2 is 1.84 bits per heavy atom. The van der Waals surface area contributed by atoms with Crippen LogP contribution in [0.1, 0.15) is 5.56 Å². The standard InChI is InChI=1S/C13H10ClN3O2/c14-13-4-2-1-3-10(13)9-15-16-11-5-7-12(8-6-11)17(18)19/h1-9,16H/b15-9+. The molecule has 0 aliphatic heterocycles. The minimum atomic E-state index is -0.448. The molecule has 0 fully saturated rings. The van der Waals surface area contributed by atoms with E-state index in [2.05, 4.69) is 10.5 Å². The number of benzene rings is 2. The summed E-state index contributed by atoms with van der Waals surface area (Å²) < 4.78 is 0. The van der Waals surface area contributed by atoms with E-state index in [1.54, 1.807) is 24.4 Å². The molecule has 1 N–H and O–H groups in total. The third-order valence-electron chi connectivity index (χ3n) is 2.38. The second-order valence-corrected chi connectivity index (χ2v) is 4.10. The van der Waals surface area contributed by atoms with E-state index >= 15 is 0 Å². The van der Waals surface area contributed by atoms with E-state index in [0.29, 0.717) is 10.7 Å². The summed E-state index contributed by atoms with van der Waals surface area (Å²) >= 11 is 5.97. The molecule has 0 saturated heterocycles. The molecular formula is C13H10ClN3O2. The molecule has 96 valence electrons. The smallest absolute Gasteiger partial charge is 0.269 e. The van der Waals surface area contributed by atoms with Crippen LogP contribution in [0.5, 0.6) is 0 Å². The number of halogens is 1. The molecule has 0 amide bonds. The summed E-state index contributed by atoms with van der Waals surface area (Å²) in [6.45, 7) is 0. The Morgan fingerprint density at radius 3 is 2.47 bits per heavy atom. The van der Waals surface area contributed by atoms with Gasteiger partial charge in [0.05, 0.1) is 16.8 Å². The van der Waals surface area contributed by atoms with Crippen molar-refractivity contribution in [3.8, 4) is 0 Å². The van der Waals surface area contributed by atoms with Gasteiger partial charge in [0.15, 0.2) is 0 Å². The topological polar surface area (TPSA) is 67.5 Å². The van der Waals surface area contributed by atoms with Crippen LogP contribution in [-0.2, 0) is 0 Å². The third-order valence-corrected chi connectivity index (χ3v) is 2.72. The number of rotatable bonds is 4. The molecule has 0 aliphatic rings. The summed E-state index contributed by atoms with van der Waals surface area (Å²) in [5.41, 5.74) is 4.27. The van der Waals surface area contributed by atoms with Crippen molar-refractivity contribution in [3.63, 3.8) is 0 Å². The zero-order chi connectivity index (χ0) is 13.7. The number of hydrogen-bond donors (Lipinski definition) is 1. The second kappa shape index (κ2) is 5.97. The van der Waals surface area contributed by atoms with E-state index in [9.17, 15) is 10.1 Å². The first-order valence-corrected chi connectivity index (χ1v) is 5.82. The molecule has 6 heteroatoms. The molecule has 2 rings (SSSR count).